The van der Waals surface area contributed by atoms with Gasteiger partial charge in [-0.1, -0.05) is 23.7 Å². The second-order valence-corrected chi connectivity index (χ2v) is 5.49. The highest BCUT2D eigenvalue weighted by atomic mass is 35.5. The summed E-state index contributed by atoms with van der Waals surface area (Å²) in [5, 5.41) is 0.660. The van der Waals surface area contributed by atoms with Gasteiger partial charge in [0.1, 0.15) is 0 Å². The van der Waals surface area contributed by atoms with E-state index >= 15 is 0 Å². The van der Waals surface area contributed by atoms with Crippen LogP contribution in [0.15, 0.2) is 18.2 Å². The van der Waals surface area contributed by atoms with E-state index in [2.05, 4.69) is 16.8 Å². The van der Waals surface area contributed by atoms with Gasteiger partial charge in [-0.15, -0.1) is 0 Å². The minimum Gasteiger partial charge on any atom is -0.303 e. The van der Waals surface area contributed by atoms with Crippen molar-refractivity contribution in [3.8, 4) is 0 Å². The number of benzene rings is 1. The molecule has 98 valence electrons. The van der Waals surface area contributed by atoms with Crippen LogP contribution in [0.5, 0.6) is 0 Å². The predicted octanol–water partition coefficient (Wildman–Crippen LogP) is 2.08. The SMILES string of the molecule is Cc1ccc(C(=O)C2CN(C)CCN2C)cc1Cl. The van der Waals surface area contributed by atoms with E-state index in [0.717, 1.165) is 25.2 Å². The minimum atomic E-state index is -0.0671. The zero-order chi connectivity index (χ0) is 13.3. The molecule has 1 aromatic carbocycles. The van der Waals surface area contributed by atoms with Crippen LogP contribution in [0.1, 0.15) is 15.9 Å². The lowest BCUT2D eigenvalue weighted by Crippen LogP contribution is -2.53. The molecular weight excluding hydrogens is 248 g/mol. The minimum absolute atomic E-state index is 0.0671. The zero-order valence-electron chi connectivity index (χ0n) is 11.1. The van der Waals surface area contributed by atoms with E-state index in [1.807, 2.05) is 26.1 Å². The Kier molecular flexibility index (Phi) is 4.05. The second-order valence-electron chi connectivity index (χ2n) is 5.09. The fourth-order valence-electron chi connectivity index (χ4n) is 2.23. The molecule has 2 rings (SSSR count). The molecule has 0 radical (unpaired) electrons. The van der Waals surface area contributed by atoms with Crippen LogP contribution in [0.25, 0.3) is 0 Å². The number of aryl methyl sites for hydroxylation is 1. The van der Waals surface area contributed by atoms with Crippen molar-refractivity contribution in [1.29, 1.82) is 0 Å². The summed E-state index contributed by atoms with van der Waals surface area (Å²) in [4.78, 5) is 16.8. The van der Waals surface area contributed by atoms with Crippen LogP contribution in [0, 0.1) is 6.92 Å². The van der Waals surface area contributed by atoms with E-state index in [9.17, 15) is 4.79 Å². The molecular formula is C14H19ClN2O. The normalized spacial score (nSPS) is 22.1. The van der Waals surface area contributed by atoms with Crippen molar-refractivity contribution in [2.24, 2.45) is 0 Å². The number of hydrogen-bond donors (Lipinski definition) is 0. The molecule has 0 aliphatic carbocycles. The predicted molar refractivity (Wildman–Crippen MR) is 74.4 cm³/mol. The summed E-state index contributed by atoms with van der Waals surface area (Å²) in [6.07, 6.45) is 0. The Morgan fingerprint density at radius 2 is 2.06 bits per heavy atom. The first kappa shape index (κ1) is 13.5. The third-order valence-electron chi connectivity index (χ3n) is 3.61. The molecule has 1 aliphatic rings. The van der Waals surface area contributed by atoms with Crippen LogP contribution in [-0.4, -0.2) is 55.4 Å². The topological polar surface area (TPSA) is 23.6 Å². The maximum absolute atomic E-state index is 12.5. The van der Waals surface area contributed by atoms with Gasteiger partial charge in [0, 0.05) is 30.2 Å². The van der Waals surface area contributed by atoms with Gasteiger partial charge >= 0.3 is 0 Å². The van der Waals surface area contributed by atoms with E-state index in [0.29, 0.717) is 10.6 Å². The largest absolute Gasteiger partial charge is 0.303 e. The van der Waals surface area contributed by atoms with Crippen LogP contribution in [-0.2, 0) is 0 Å². The van der Waals surface area contributed by atoms with Gasteiger partial charge in [-0.05, 0) is 32.6 Å². The molecule has 1 aliphatic heterocycles. The highest BCUT2D eigenvalue weighted by Crippen LogP contribution is 2.19. The van der Waals surface area contributed by atoms with Crippen LogP contribution in [0.4, 0.5) is 0 Å². The molecule has 1 fully saturated rings. The Bertz CT molecular complexity index is 461. The van der Waals surface area contributed by atoms with Crippen molar-refractivity contribution in [3.05, 3.63) is 34.3 Å². The molecule has 0 aromatic heterocycles. The molecule has 0 N–H and O–H groups in total. The Balaban J connectivity index is 2.21. The first-order valence-corrected chi connectivity index (χ1v) is 6.56. The van der Waals surface area contributed by atoms with Crippen molar-refractivity contribution in [3.63, 3.8) is 0 Å². The van der Waals surface area contributed by atoms with Gasteiger partial charge in [0.15, 0.2) is 5.78 Å². The number of carbonyl (C=O) groups excluding carboxylic acids is 1. The number of Topliss-reactive ketones (excluding diaryl/α,β-unsaturated/α-hetero) is 1. The number of hydrogen-bond acceptors (Lipinski definition) is 3. The van der Waals surface area contributed by atoms with Crippen molar-refractivity contribution in [1.82, 2.24) is 9.80 Å². The summed E-state index contributed by atoms with van der Waals surface area (Å²) >= 11 is 6.09. The average Bonchev–Trinajstić information content (AvgIpc) is 2.35. The van der Waals surface area contributed by atoms with Gasteiger partial charge in [0.05, 0.1) is 6.04 Å². The van der Waals surface area contributed by atoms with Crippen molar-refractivity contribution in [2.45, 2.75) is 13.0 Å². The third-order valence-corrected chi connectivity index (χ3v) is 4.02. The number of ketones is 1. The number of nitrogens with zero attached hydrogens (tertiary/aromatic N) is 2. The van der Waals surface area contributed by atoms with Gasteiger partial charge in [-0.25, -0.2) is 0 Å². The van der Waals surface area contributed by atoms with Crippen LogP contribution in [0.3, 0.4) is 0 Å². The number of rotatable bonds is 2. The highest BCUT2D eigenvalue weighted by Gasteiger charge is 2.29. The van der Waals surface area contributed by atoms with E-state index in [4.69, 9.17) is 11.6 Å². The monoisotopic (exact) mass is 266 g/mol. The number of halogens is 1. The Labute approximate surface area is 113 Å². The van der Waals surface area contributed by atoms with Gasteiger partial charge in [-0.2, -0.15) is 0 Å². The molecule has 1 saturated heterocycles. The Morgan fingerprint density at radius 1 is 1.33 bits per heavy atom. The molecule has 1 atom stereocenters. The summed E-state index contributed by atoms with van der Waals surface area (Å²) in [5.74, 6) is 0.158. The van der Waals surface area contributed by atoms with E-state index in [1.165, 1.54) is 0 Å². The summed E-state index contributed by atoms with van der Waals surface area (Å²) in [5.41, 5.74) is 1.71. The summed E-state index contributed by atoms with van der Waals surface area (Å²) in [6.45, 7) is 4.65. The maximum atomic E-state index is 12.5. The second kappa shape index (κ2) is 5.39. The molecule has 1 heterocycles. The maximum Gasteiger partial charge on any atom is 0.181 e. The Morgan fingerprint density at radius 3 is 2.72 bits per heavy atom. The smallest absolute Gasteiger partial charge is 0.181 e. The molecule has 18 heavy (non-hydrogen) atoms. The van der Waals surface area contributed by atoms with Gasteiger partial charge in [-0.3, -0.25) is 9.69 Å². The van der Waals surface area contributed by atoms with Crippen LogP contribution in [0.2, 0.25) is 5.02 Å². The zero-order valence-corrected chi connectivity index (χ0v) is 11.9. The highest BCUT2D eigenvalue weighted by molar-refractivity contribution is 6.31. The molecule has 0 bridgehead atoms. The summed E-state index contributed by atoms with van der Waals surface area (Å²) in [7, 11) is 4.06. The quantitative estimate of drug-likeness (QED) is 0.766. The van der Waals surface area contributed by atoms with Crippen molar-refractivity contribution < 1.29 is 4.79 Å². The van der Waals surface area contributed by atoms with Gasteiger partial charge < -0.3 is 4.90 Å². The lowest BCUT2D eigenvalue weighted by molar-refractivity contribution is 0.0686. The molecule has 4 heteroatoms. The average molecular weight is 267 g/mol. The van der Waals surface area contributed by atoms with Crippen LogP contribution >= 0.6 is 11.6 Å². The standard InChI is InChI=1S/C14H19ClN2O/c1-10-4-5-11(8-12(10)15)14(18)13-9-16(2)6-7-17(13)3/h4-5,8,13H,6-7,9H2,1-3H3. The molecule has 1 unspecified atom stereocenters. The van der Waals surface area contributed by atoms with Gasteiger partial charge in [0.25, 0.3) is 0 Å². The van der Waals surface area contributed by atoms with E-state index in [-0.39, 0.29) is 11.8 Å². The van der Waals surface area contributed by atoms with E-state index < -0.39 is 0 Å². The lowest BCUT2D eigenvalue weighted by atomic mass is 10.00. The third kappa shape index (κ3) is 2.74. The number of likely N-dealkylation sites (N-methyl/N-ethyl adjacent to an activating group) is 2. The first-order valence-electron chi connectivity index (χ1n) is 6.18. The summed E-state index contributed by atoms with van der Waals surface area (Å²) in [6, 6.07) is 5.48. The fraction of sp³-hybridized carbons (Fsp3) is 0.500. The molecule has 0 saturated carbocycles. The van der Waals surface area contributed by atoms with Gasteiger partial charge in [0.2, 0.25) is 0 Å². The molecule has 3 nitrogen and oxygen atoms in total. The van der Waals surface area contributed by atoms with Crippen molar-refractivity contribution >= 4 is 17.4 Å². The molecule has 0 spiro atoms. The number of carbonyl (C=O) groups is 1. The molecule has 1 aromatic rings. The fourth-order valence-corrected chi connectivity index (χ4v) is 2.41. The lowest BCUT2D eigenvalue weighted by Gasteiger charge is -2.36. The molecule has 0 amide bonds. The summed E-state index contributed by atoms with van der Waals surface area (Å²) < 4.78 is 0. The first-order chi connectivity index (χ1) is 8.49. The Hall–Kier alpha value is -0.900. The number of piperazine rings is 1. The van der Waals surface area contributed by atoms with Crippen molar-refractivity contribution in [2.75, 3.05) is 33.7 Å². The van der Waals surface area contributed by atoms with E-state index in [1.54, 1.807) is 6.07 Å². The van der Waals surface area contributed by atoms with Crippen LogP contribution < -0.4 is 0 Å².